The molecular formula is C14H18N2. The maximum Gasteiger partial charge on any atom is 0.0342 e. The number of aromatic nitrogens is 1. The van der Waals surface area contributed by atoms with Crippen LogP contribution in [0.15, 0.2) is 30.6 Å². The van der Waals surface area contributed by atoms with Gasteiger partial charge in [0.15, 0.2) is 0 Å². The molecule has 2 heteroatoms. The summed E-state index contributed by atoms with van der Waals surface area (Å²) in [6.45, 7) is 2.36. The molecule has 1 N–H and O–H groups in total. The zero-order valence-corrected chi connectivity index (χ0v) is 9.58. The number of pyridine rings is 1. The summed E-state index contributed by atoms with van der Waals surface area (Å²) in [5.74, 6) is 0. The Morgan fingerprint density at radius 1 is 1.31 bits per heavy atom. The quantitative estimate of drug-likeness (QED) is 0.777. The topological polar surface area (TPSA) is 24.9 Å². The van der Waals surface area contributed by atoms with Crippen molar-refractivity contribution in [2.75, 3.05) is 13.1 Å². The Balaban J connectivity index is 1.86. The molecule has 16 heavy (non-hydrogen) atoms. The number of nitrogens with one attached hydrogen (secondary N) is 1. The Kier molecular flexibility index (Phi) is 2.52. The van der Waals surface area contributed by atoms with E-state index in [9.17, 15) is 0 Å². The molecule has 0 saturated carbocycles. The van der Waals surface area contributed by atoms with E-state index in [0.717, 1.165) is 6.54 Å². The summed E-state index contributed by atoms with van der Waals surface area (Å²) in [6, 6.07) is 4.20. The predicted molar refractivity (Wildman–Crippen MR) is 66.0 cm³/mol. The van der Waals surface area contributed by atoms with Crippen LogP contribution in [0.5, 0.6) is 0 Å². The van der Waals surface area contributed by atoms with Gasteiger partial charge >= 0.3 is 0 Å². The van der Waals surface area contributed by atoms with E-state index in [4.69, 9.17) is 0 Å². The Morgan fingerprint density at radius 3 is 3.06 bits per heavy atom. The smallest absolute Gasteiger partial charge is 0.0342 e. The second kappa shape index (κ2) is 4.02. The van der Waals surface area contributed by atoms with Crippen molar-refractivity contribution in [3.63, 3.8) is 0 Å². The first-order valence-electron chi connectivity index (χ1n) is 6.21. The van der Waals surface area contributed by atoms with Gasteiger partial charge in [0.25, 0.3) is 0 Å². The van der Waals surface area contributed by atoms with Crippen molar-refractivity contribution in [1.29, 1.82) is 0 Å². The van der Waals surface area contributed by atoms with Crippen molar-refractivity contribution in [3.05, 3.63) is 36.2 Å². The monoisotopic (exact) mass is 214 g/mol. The van der Waals surface area contributed by atoms with Crippen molar-refractivity contribution in [3.8, 4) is 0 Å². The number of rotatable bonds is 1. The molecule has 0 bridgehead atoms. The molecule has 1 aromatic rings. The molecule has 1 spiro atoms. The Bertz CT molecular complexity index is 388. The van der Waals surface area contributed by atoms with Gasteiger partial charge in [-0.05, 0) is 49.4 Å². The standard InChI is InChI=1S/C14H18N2/c1-3-13(10-15-7-1)12-4-6-14(9-12)5-2-8-16-11-14/h1,3,7,9-10,16H,2,4-6,8,11H2. The molecule has 0 amide bonds. The van der Waals surface area contributed by atoms with Gasteiger partial charge in [0.1, 0.15) is 0 Å². The zero-order valence-electron chi connectivity index (χ0n) is 9.58. The van der Waals surface area contributed by atoms with E-state index in [1.807, 2.05) is 18.5 Å². The van der Waals surface area contributed by atoms with E-state index in [2.05, 4.69) is 22.4 Å². The summed E-state index contributed by atoms with van der Waals surface area (Å²) in [6.07, 6.45) is 11.5. The largest absolute Gasteiger partial charge is 0.316 e. The second-order valence-electron chi connectivity index (χ2n) is 5.05. The summed E-state index contributed by atoms with van der Waals surface area (Å²) < 4.78 is 0. The number of hydrogen-bond acceptors (Lipinski definition) is 2. The second-order valence-corrected chi connectivity index (χ2v) is 5.05. The van der Waals surface area contributed by atoms with E-state index < -0.39 is 0 Å². The number of allylic oxidation sites excluding steroid dienone is 1. The van der Waals surface area contributed by atoms with Gasteiger partial charge in [-0.3, -0.25) is 4.98 Å². The molecule has 0 radical (unpaired) electrons. The highest BCUT2D eigenvalue weighted by molar-refractivity contribution is 5.67. The normalized spacial score (nSPS) is 29.4. The summed E-state index contributed by atoms with van der Waals surface area (Å²) in [7, 11) is 0. The van der Waals surface area contributed by atoms with Crippen LogP contribution >= 0.6 is 0 Å². The van der Waals surface area contributed by atoms with Crippen molar-refractivity contribution in [2.45, 2.75) is 25.7 Å². The van der Waals surface area contributed by atoms with Crippen LogP contribution in [0.2, 0.25) is 0 Å². The third-order valence-electron chi connectivity index (χ3n) is 3.91. The minimum atomic E-state index is 0.448. The van der Waals surface area contributed by atoms with Crippen LogP contribution in [-0.4, -0.2) is 18.1 Å². The molecule has 84 valence electrons. The minimum Gasteiger partial charge on any atom is -0.316 e. The van der Waals surface area contributed by atoms with E-state index in [1.165, 1.54) is 43.4 Å². The highest BCUT2D eigenvalue weighted by Gasteiger charge is 2.34. The van der Waals surface area contributed by atoms with Crippen molar-refractivity contribution in [2.24, 2.45) is 5.41 Å². The van der Waals surface area contributed by atoms with Gasteiger partial charge in [-0.1, -0.05) is 12.1 Å². The van der Waals surface area contributed by atoms with Gasteiger partial charge in [-0.15, -0.1) is 0 Å². The average Bonchev–Trinajstić information content (AvgIpc) is 2.75. The molecule has 1 fully saturated rings. The van der Waals surface area contributed by atoms with Gasteiger partial charge in [-0.2, -0.15) is 0 Å². The van der Waals surface area contributed by atoms with Gasteiger partial charge in [-0.25, -0.2) is 0 Å². The molecule has 2 aliphatic rings. The lowest BCUT2D eigenvalue weighted by atomic mass is 9.80. The van der Waals surface area contributed by atoms with Crippen LogP contribution in [-0.2, 0) is 0 Å². The van der Waals surface area contributed by atoms with Gasteiger partial charge in [0, 0.05) is 24.4 Å². The molecule has 1 saturated heterocycles. The molecular weight excluding hydrogens is 196 g/mol. The minimum absolute atomic E-state index is 0.448. The van der Waals surface area contributed by atoms with Crippen molar-refractivity contribution < 1.29 is 0 Å². The fourth-order valence-electron chi connectivity index (χ4n) is 3.01. The maximum absolute atomic E-state index is 4.21. The van der Waals surface area contributed by atoms with E-state index in [-0.39, 0.29) is 0 Å². The Morgan fingerprint density at radius 2 is 2.31 bits per heavy atom. The molecule has 1 aliphatic carbocycles. The fraction of sp³-hybridized carbons (Fsp3) is 0.500. The third kappa shape index (κ3) is 1.78. The summed E-state index contributed by atoms with van der Waals surface area (Å²) in [5.41, 5.74) is 3.26. The van der Waals surface area contributed by atoms with Gasteiger partial charge < -0.3 is 5.32 Å². The highest BCUT2D eigenvalue weighted by Crippen LogP contribution is 2.43. The van der Waals surface area contributed by atoms with E-state index in [0.29, 0.717) is 5.41 Å². The van der Waals surface area contributed by atoms with E-state index in [1.54, 1.807) is 0 Å². The lowest BCUT2D eigenvalue weighted by Crippen LogP contribution is -2.37. The molecule has 1 aromatic heterocycles. The van der Waals surface area contributed by atoms with Crippen LogP contribution in [0.25, 0.3) is 5.57 Å². The molecule has 1 unspecified atom stereocenters. The van der Waals surface area contributed by atoms with Crippen LogP contribution < -0.4 is 5.32 Å². The average molecular weight is 214 g/mol. The first-order chi connectivity index (χ1) is 7.88. The maximum atomic E-state index is 4.21. The van der Waals surface area contributed by atoms with E-state index >= 15 is 0 Å². The number of piperidine rings is 1. The molecule has 3 rings (SSSR count). The number of hydrogen-bond donors (Lipinski definition) is 1. The highest BCUT2D eigenvalue weighted by atomic mass is 14.9. The van der Waals surface area contributed by atoms with Crippen LogP contribution in [0.1, 0.15) is 31.2 Å². The lowest BCUT2D eigenvalue weighted by Gasteiger charge is -2.32. The first-order valence-corrected chi connectivity index (χ1v) is 6.21. The number of nitrogens with zero attached hydrogens (tertiary/aromatic N) is 1. The Labute approximate surface area is 96.8 Å². The summed E-state index contributed by atoms with van der Waals surface area (Å²) >= 11 is 0. The van der Waals surface area contributed by atoms with Crippen molar-refractivity contribution >= 4 is 5.57 Å². The molecule has 2 heterocycles. The fourth-order valence-corrected chi connectivity index (χ4v) is 3.01. The van der Waals surface area contributed by atoms with Crippen molar-refractivity contribution in [1.82, 2.24) is 10.3 Å². The van der Waals surface area contributed by atoms with Crippen LogP contribution in [0.3, 0.4) is 0 Å². The molecule has 2 nitrogen and oxygen atoms in total. The molecule has 1 aliphatic heterocycles. The summed E-state index contributed by atoms with van der Waals surface area (Å²) in [4.78, 5) is 4.21. The SMILES string of the molecule is C1=C(c2cccnc2)CCC12CCCNC2. The lowest BCUT2D eigenvalue weighted by molar-refractivity contribution is 0.274. The predicted octanol–water partition coefficient (Wildman–Crippen LogP) is 2.63. The first kappa shape index (κ1) is 10.0. The van der Waals surface area contributed by atoms with Gasteiger partial charge in [0.2, 0.25) is 0 Å². The molecule has 1 atom stereocenters. The third-order valence-corrected chi connectivity index (χ3v) is 3.91. The summed E-state index contributed by atoms with van der Waals surface area (Å²) in [5, 5.41) is 3.53. The van der Waals surface area contributed by atoms with Gasteiger partial charge in [0.05, 0.1) is 0 Å². The Hall–Kier alpha value is -1.15. The zero-order chi connectivity index (χ0) is 10.8. The van der Waals surface area contributed by atoms with Crippen LogP contribution in [0, 0.1) is 5.41 Å². The van der Waals surface area contributed by atoms with Crippen LogP contribution in [0.4, 0.5) is 0 Å². The molecule has 0 aromatic carbocycles.